The number of hydrogen-bond donors (Lipinski definition) is 1. The van der Waals surface area contributed by atoms with E-state index >= 15 is 0 Å². The van der Waals surface area contributed by atoms with E-state index in [0.717, 1.165) is 12.8 Å². The predicted octanol–water partition coefficient (Wildman–Crippen LogP) is 3.06. The fourth-order valence-electron chi connectivity index (χ4n) is 1.03. The zero-order valence-corrected chi connectivity index (χ0v) is 8.43. The Morgan fingerprint density at radius 1 is 1.17 bits per heavy atom. The van der Waals surface area contributed by atoms with Crippen LogP contribution in [0.15, 0.2) is 23.3 Å². The van der Waals surface area contributed by atoms with Crippen LogP contribution in [0.2, 0.25) is 0 Å². The number of allylic oxidation sites excluding steroid dienone is 3. The highest BCUT2D eigenvalue weighted by atomic mass is 16.2. The van der Waals surface area contributed by atoms with Gasteiger partial charge in [-0.25, -0.2) is 0 Å². The number of rotatable bonds is 5. The van der Waals surface area contributed by atoms with E-state index in [4.69, 9.17) is 5.11 Å². The van der Waals surface area contributed by atoms with Gasteiger partial charge in [0.2, 0.25) is 0 Å². The van der Waals surface area contributed by atoms with E-state index in [2.05, 4.69) is 26.8 Å². The molecule has 0 unspecified atom stereocenters. The molecule has 0 saturated heterocycles. The lowest BCUT2D eigenvalue weighted by atomic mass is 10.1. The van der Waals surface area contributed by atoms with Gasteiger partial charge in [0.25, 0.3) is 0 Å². The summed E-state index contributed by atoms with van der Waals surface area (Å²) >= 11 is 0. The largest absolute Gasteiger partial charge is 0.392 e. The van der Waals surface area contributed by atoms with Crippen LogP contribution in [0.3, 0.4) is 0 Å². The molecule has 0 fully saturated rings. The first-order valence-electron chi connectivity index (χ1n) is 4.56. The Bertz CT molecular complexity index is 162. The molecule has 1 nitrogen and oxygen atoms in total. The van der Waals surface area contributed by atoms with Crippen LogP contribution in [0, 0.1) is 0 Å². The molecule has 0 aromatic carbocycles. The minimum atomic E-state index is 0.175. The number of aliphatic hydroxyl groups is 1. The first kappa shape index (κ1) is 11.4. The van der Waals surface area contributed by atoms with E-state index in [1.165, 1.54) is 17.6 Å². The quantitative estimate of drug-likeness (QED) is 0.494. The Kier molecular flexibility index (Phi) is 6.78. The first-order chi connectivity index (χ1) is 5.66. The van der Waals surface area contributed by atoms with Crippen molar-refractivity contribution in [2.45, 2.75) is 40.0 Å². The Hall–Kier alpha value is -0.560. The molecule has 0 aliphatic carbocycles. The van der Waals surface area contributed by atoms with E-state index in [9.17, 15) is 0 Å². The van der Waals surface area contributed by atoms with E-state index < -0.39 is 0 Å². The summed E-state index contributed by atoms with van der Waals surface area (Å²) in [6.45, 7) is 6.49. The minimum Gasteiger partial charge on any atom is -0.392 e. The Morgan fingerprint density at radius 3 is 2.33 bits per heavy atom. The third-order valence-electron chi connectivity index (χ3n) is 1.77. The molecule has 70 valence electrons. The van der Waals surface area contributed by atoms with Gasteiger partial charge in [-0.3, -0.25) is 0 Å². The van der Waals surface area contributed by atoms with Gasteiger partial charge in [0, 0.05) is 0 Å². The monoisotopic (exact) mass is 168 g/mol. The van der Waals surface area contributed by atoms with E-state index in [1.807, 2.05) is 6.08 Å². The summed E-state index contributed by atoms with van der Waals surface area (Å²) in [6.07, 6.45) is 7.57. The smallest absolute Gasteiger partial charge is 0.0614 e. The SMILES string of the molecule is CC(C)=CCCC/C(C)=C/CO. The predicted molar refractivity (Wildman–Crippen MR) is 54.1 cm³/mol. The maximum atomic E-state index is 8.59. The lowest BCUT2D eigenvalue weighted by molar-refractivity contribution is 0.341. The van der Waals surface area contributed by atoms with Crippen LogP contribution < -0.4 is 0 Å². The van der Waals surface area contributed by atoms with Crippen molar-refractivity contribution in [1.29, 1.82) is 0 Å². The average Bonchev–Trinajstić information content (AvgIpc) is 1.98. The van der Waals surface area contributed by atoms with Crippen LogP contribution in [0.5, 0.6) is 0 Å². The zero-order valence-electron chi connectivity index (χ0n) is 8.43. The summed E-state index contributed by atoms with van der Waals surface area (Å²) in [5.41, 5.74) is 2.68. The topological polar surface area (TPSA) is 20.2 Å². The molecule has 0 saturated carbocycles. The van der Waals surface area contributed by atoms with Crippen molar-refractivity contribution in [3.63, 3.8) is 0 Å². The van der Waals surface area contributed by atoms with Gasteiger partial charge in [-0.15, -0.1) is 0 Å². The molecule has 0 rings (SSSR count). The van der Waals surface area contributed by atoms with Crippen LogP contribution >= 0.6 is 0 Å². The summed E-state index contributed by atoms with van der Waals surface area (Å²) in [7, 11) is 0. The molecule has 1 heteroatoms. The molecule has 0 aliphatic rings. The second-order valence-electron chi connectivity index (χ2n) is 3.41. The third kappa shape index (κ3) is 7.55. The van der Waals surface area contributed by atoms with Gasteiger partial charge in [-0.05, 0) is 40.0 Å². The van der Waals surface area contributed by atoms with Crippen molar-refractivity contribution in [3.05, 3.63) is 23.3 Å². The van der Waals surface area contributed by atoms with Gasteiger partial charge in [0.15, 0.2) is 0 Å². The van der Waals surface area contributed by atoms with Gasteiger partial charge < -0.3 is 5.11 Å². The highest BCUT2D eigenvalue weighted by Crippen LogP contribution is 2.07. The molecular weight excluding hydrogens is 148 g/mol. The fraction of sp³-hybridized carbons (Fsp3) is 0.636. The number of hydrogen-bond acceptors (Lipinski definition) is 1. The lowest BCUT2D eigenvalue weighted by Gasteiger charge is -1.98. The van der Waals surface area contributed by atoms with Crippen molar-refractivity contribution >= 4 is 0 Å². The molecular formula is C11H20O. The Morgan fingerprint density at radius 2 is 1.83 bits per heavy atom. The van der Waals surface area contributed by atoms with Crippen molar-refractivity contribution in [2.75, 3.05) is 6.61 Å². The van der Waals surface area contributed by atoms with Gasteiger partial charge in [0.05, 0.1) is 6.61 Å². The minimum absolute atomic E-state index is 0.175. The average molecular weight is 168 g/mol. The van der Waals surface area contributed by atoms with Crippen molar-refractivity contribution < 1.29 is 5.11 Å². The molecule has 0 bridgehead atoms. The summed E-state index contributed by atoms with van der Waals surface area (Å²) in [5.74, 6) is 0. The Balaban J connectivity index is 3.44. The van der Waals surface area contributed by atoms with Crippen LogP contribution in [-0.4, -0.2) is 11.7 Å². The Labute approximate surface area is 75.8 Å². The molecule has 0 aliphatic heterocycles. The maximum Gasteiger partial charge on any atom is 0.0614 e. The first-order valence-corrected chi connectivity index (χ1v) is 4.56. The molecule has 0 amide bonds. The van der Waals surface area contributed by atoms with E-state index in [0.29, 0.717) is 0 Å². The van der Waals surface area contributed by atoms with Crippen molar-refractivity contribution in [2.24, 2.45) is 0 Å². The van der Waals surface area contributed by atoms with Crippen LogP contribution in [0.25, 0.3) is 0 Å². The molecule has 0 atom stereocenters. The summed E-state index contributed by atoms with van der Waals surface area (Å²) in [4.78, 5) is 0. The summed E-state index contributed by atoms with van der Waals surface area (Å²) in [6, 6.07) is 0. The van der Waals surface area contributed by atoms with Gasteiger partial charge in [0.1, 0.15) is 0 Å². The van der Waals surface area contributed by atoms with Crippen LogP contribution in [0.4, 0.5) is 0 Å². The van der Waals surface area contributed by atoms with Crippen molar-refractivity contribution in [1.82, 2.24) is 0 Å². The fourth-order valence-corrected chi connectivity index (χ4v) is 1.03. The van der Waals surface area contributed by atoms with E-state index in [1.54, 1.807) is 0 Å². The highest BCUT2D eigenvalue weighted by molar-refractivity contribution is 4.99. The summed E-state index contributed by atoms with van der Waals surface area (Å²) in [5, 5.41) is 8.59. The molecule has 0 aromatic heterocycles. The molecule has 1 N–H and O–H groups in total. The molecule has 0 radical (unpaired) electrons. The normalized spacial score (nSPS) is 11.5. The van der Waals surface area contributed by atoms with Crippen LogP contribution in [-0.2, 0) is 0 Å². The van der Waals surface area contributed by atoms with E-state index in [-0.39, 0.29) is 6.61 Å². The third-order valence-corrected chi connectivity index (χ3v) is 1.77. The maximum absolute atomic E-state index is 8.59. The number of aliphatic hydroxyl groups excluding tert-OH is 1. The second kappa shape index (κ2) is 7.11. The highest BCUT2D eigenvalue weighted by Gasteiger charge is 1.88. The van der Waals surface area contributed by atoms with Gasteiger partial charge in [-0.2, -0.15) is 0 Å². The molecule has 0 spiro atoms. The number of unbranched alkanes of at least 4 members (excludes halogenated alkanes) is 1. The van der Waals surface area contributed by atoms with Gasteiger partial charge >= 0.3 is 0 Å². The second-order valence-corrected chi connectivity index (χ2v) is 3.41. The molecule has 0 aromatic rings. The lowest BCUT2D eigenvalue weighted by Crippen LogP contribution is -1.81. The summed E-state index contributed by atoms with van der Waals surface area (Å²) < 4.78 is 0. The zero-order chi connectivity index (χ0) is 9.40. The molecule has 0 heterocycles. The molecule has 12 heavy (non-hydrogen) atoms. The van der Waals surface area contributed by atoms with Gasteiger partial charge in [-0.1, -0.05) is 23.3 Å². The standard InChI is InChI=1S/C11H20O/c1-10(2)6-4-5-7-11(3)8-9-12/h6,8,12H,4-5,7,9H2,1-3H3/b11-8+. The van der Waals surface area contributed by atoms with Crippen molar-refractivity contribution in [3.8, 4) is 0 Å². The van der Waals surface area contributed by atoms with Crippen LogP contribution in [0.1, 0.15) is 40.0 Å².